The minimum Gasteiger partial charge on any atom is -0.313 e. The first-order chi connectivity index (χ1) is 9.75. The molecule has 0 fully saturated rings. The van der Waals surface area contributed by atoms with Gasteiger partial charge in [0.05, 0.1) is 0 Å². The zero-order valence-electron chi connectivity index (χ0n) is 11.4. The van der Waals surface area contributed by atoms with Gasteiger partial charge < -0.3 is 5.32 Å². The summed E-state index contributed by atoms with van der Waals surface area (Å²) in [6.45, 7) is 1.50. The monoisotopic (exact) mass is 335 g/mol. The van der Waals surface area contributed by atoms with Gasteiger partial charge >= 0.3 is 0 Å². The number of aryl methyl sites for hydroxylation is 1. The van der Waals surface area contributed by atoms with E-state index in [1.807, 2.05) is 12.1 Å². The number of hydrogen-bond donors (Lipinski definition) is 1. The maximum atomic E-state index is 13.5. The van der Waals surface area contributed by atoms with Crippen molar-refractivity contribution in [3.8, 4) is 0 Å². The molecule has 3 heteroatoms. The van der Waals surface area contributed by atoms with Crippen LogP contribution in [0.4, 0.5) is 4.39 Å². The normalized spacial score (nSPS) is 10.7. The molecule has 0 bridgehead atoms. The second-order valence-electron chi connectivity index (χ2n) is 4.86. The van der Waals surface area contributed by atoms with Gasteiger partial charge in [-0.25, -0.2) is 4.39 Å². The average molecular weight is 336 g/mol. The van der Waals surface area contributed by atoms with E-state index in [0.717, 1.165) is 30.3 Å². The van der Waals surface area contributed by atoms with Crippen LogP contribution in [0.5, 0.6) is 0 Å². The van der Waals surface area contributed by atoms with Crippen LogP contribution in [-0.4, -0.2) is 6.54 Å². The fraction of sp³-hybridized carbons (Fsp3) is 0.294. The molecule has 0 aliphatic carbocycles. The molecule has 0 unspecified atom stereocenters. The molecule has 1 N–H and O–H groups in total. The lowest BCUT2D eigenvalue weighted by molar-refractivity contribution is 0.575. The summed E-state index contributed by atoms with van der Waals surface area (Å²) in [6.07, 6.45) is 3.36. The van der Waals surface area contributed by atoms with Crippen molar-refractivity contribution in [2.45, 2.75) is 25.8 Å². The summed E-state index contributed by atoms with van der Waals surface area (Å²) in [5.41, 5.74) is 2.09. The Labute approximate surface area is 128 Å². The molecular weight excluding hydrogens is 317 g/mol. The number of rotatable bonds is 7. The molecule has 2 aromatic carbocycles. The third kappa shape index (κ3) is 5.06. The minimum atomic E-state index is -0.148. The van der Waals surface area contributed by atoms with Gasteiger partial charge in [0.1, 0.15) is 5.82 Å². The Morgan fingerprint density at radius 2 is 1.80 bits per heavy atom. The Bertz CT molecular complexity index is 528. The summed E-state index contributed by atoms with van der Waals surface area (Å²) in [5.74, 6) is -0.148. The Morgan fingerprint density at radius 1 is 1.00 bits per heavy atom. The van der Waals surface area contributed by atoms with E-state index in [4.69, 9.17) is 0 Å². The van der Waals surface area contributed by atoms with Crippen molar-refractivity contribution in [1.29, 1.82) is 0 Å². The van der Waals surface area contributed by atoms with Crippen LogP contribution in [0.1, 0.15) is 24.0 Å². The van der Waals surface area contributed by atoms with Crippen LogP contribution in [0, 0.1) is 5.82 Å². The second-order valence-corrected chi connectivity index (χ2v) is 5.77. The molecule has 0 amide bonds. The highest BCUT2D eigenvalue weighted by molar-refractivity contribution is 9.10. The Kier molecular flexibility index (Phi) is 6.22. The van der Waals surface area contributed by atoms with Crippen LogP contribution in [0.25, 0.3) is 0 Å². The molecule has 0 atom stereocenters. The van der Waals surface area contributed by atoms with Gasteiger partial charge in [0.15, 0.2) is 0 Å². The van der Waals surface area contributed by atoms with Crippen LogP contribution in [0.2, 0.25) is 0 Å². The van der Waals surface area contributed by atoms with Gasteiger partial charge in [-0.1, -0.05) is 46.3 Å². The van der Waals surface area contributed by atoms with Crippen molar-refractivity contribution < 1.29 is 4.39 Å². The van der Waals surface area contributed by atoms with Crippen molar-refractivity contribution in [3.05, 3.63) is 69.9 Å². The summed E-state index contributed by atoms with van der Waals surface area (Å²) in [6, 6.07) is 15.5. The standard InChI is InChI=1S/C17H19BrFN/c18-16-9-10-17(19)15(12-16)13-20-11-5-4-8-14-6-2-1-3-7-14/h1-3,6-7,9-10,12,20H,4-5,8,11,13H2. The van der Waals surface area contributed by atoms with Gasteiger partial charge in [-0.2, -0.15) is 0 Å². The highest BCUT2D eigenvalue weighted by Crippen LogP contribution is 2.15. The maximum absolute atomic E-state index is 13.5. The first kappa shape index (κ1) is 15.2. The lowest BCUT2D eigenvalue weighted by atomic mass is 10.1. The van der Waals surface area contributed by atoms with Crippen LogP contribution in [0.15, 0.2) is 53.0 Å². The number of nitrogens with one attached hydrogen (secondary N) is 1. The van der Waals surface area contributed by atoms with Gasteiger partial charge in [0.25, 0.3) is 0 Å². The van der Waals surface area contributed by atoms with E-state index >= 15 is 0 Å². The van der Waals surface area contributed by atoms with Crippen LogP contribution < -0.4 is 5.32 Å². The Morgan fingerprint density at radius 3 is 2.60 bits per heavy atom. The molecule has 0 heterocycles. The smallest absolute Gasteiger partial charge is 0.127 e. The summed E-state index contributed by atoms with van der Waals surface area (Å²) in [7, 11) is 0. The van der Waals surface area contributed by atoms with Gasteiger partial charge in [-0.15, -0.1) is 0 Å². The minimum absolute atomic E-state index is 0.148. The van der Waals surface area contributed by atoms with E-state index < -0.39 is 0 Å². The predicted octanol–water partition coefficient (Wildman–Crippen LogP) is 4.70. The van der Waals surface area contributed by atoms with Gasteiger partial charge in [-0.3, -0.25) is 0 Å². The first-order valence-corrected chi connectivity index (χ1v) is 7.73. The molecule has 0 aliphatic heterocycles. The summed E-state index contributed by atoms with van der Waals surface area (Å²) >= 11 is 3.36. The molecule has 0 aromatic heterocycles. The molecule has 2 aromatic rings. The van der Waals surface area contributed by atoms with E-state index in [1.165, 1.54) is 11.6 Å². The third-order valence-corrected chi connectivity index (χ3v) is 3.73. The highest BCUT2D eigenvalue weighted by atomic mass is 79.9. The molecular formula is C17H19BrFN. The van der Waals surface area contributed by atoms with Crippen molar-refractivity contribution >= 4 is 15.9 Å². The number of unbranched alkanes of at least 4 members (excludes halogenated alkanes) is 1. The number of hydrogen-bond acceptors (Lipinski definition) is 1. The molecule has 0 saturated carbocycles. The highest BCUT2D eigenvalue weighted by Gasteiger charge is 2.02. The predicted molar refractivity (Wildman–Crippen MR) is 85.2 cm³/mol. The lowest BCUT2D eigenvalue weighted by Crippen LogP contribution is -2.15. The largest absolute Gasteiger partial charge is 0.313 e. The fourth-order valence-electron chi connectivity index (χ4n) is 2.13. The van der Waals surface area contributed by atoms with Crippen molar-refractivity contribution in [1.82, 2.24) is 5.32 Å². The third-order valence-electron chi connectivity index (χ3n) is 3.24. The Hall–Kier alpha value is -1.19. The summed E-state index contributed by atoms with van der Waals surface area (Å²) in [5, 5.41) is 3.30. The number of halogens is 2. The van der Waals surface area contributed by atoms with Gasteiger partial charge in [-0.05, 0) is 49.6 Å². The van der Waals surface area contributed by atoms with Crippen LogP contribution in [-0.2, 0) is 13.0 Å². The summed E-state index contributed by atoms with van der Waals surface area (Å²) in [4.78, 5) is 0. The molecule has 106 valence electrons. The Balaban J connectivity index is 1.63. The fourth-order valence-corrected chi connectivity index (χ4v) is 2.53. The van der Waals surface area contributed by atoms with E-state index in [9.17, 15) is 4.39 Å². The lowest BCUT2D eigenvalue weighted by Gasteiger charge is -2.07. The van der Waals surface area contributed by atoms with E-state index in [1.54, 1.807) is 6.07 Å². The topological polar surface area (TPSA) is 12.0 Å². The van der Waals surface area contributed by atoms with Crippen molar-refractivity contribution in [3.63, 3.8) is 0 Å². The van der Waals surface area contributed by atoms with E-state index in [2.05, 4.69) is 45.5 Å². The van der Waals surface area contributed by atoms with Gasteiger partial charge in [0.2, 0.25) is 0 Å². The van der Waals surface area contributed by atoms with E-state index in [-0.39, 0.29) is 5.82 Å². The van der Waals surface area contributed by atoms with Crippen molar-refractivity contribution in [2.75, 3.05) is 6.54 Å². The molecule has 2 rings (SSSR count). The van der Waals surface area contributed by atoms with Crippen LogP contribution >= 0.6 is 15.9 Å². The van der Waals surface area contributed by atoms with Crippen molar-refractivity contribution in [2.24, 2.45) is 0 Å². The summed E-state index contributed by atoms with van der Waals surface area (Å²) < 4.78 is 14.4. The first-order valence-electron chi connectivity index (χ1n) is 6.94. The molecule has 0 radical (unpaired) electrons. The van der Waals surface area contributed by atoms with E-state index in [0.29, 0.717) is 12.1 Å². The zero-order valence-corrected chi connectivity index (χ0v) is 13.0. The second kappa shape index (κ2) is 8.18. The molecule has 1 nitrogen and oxygen atoms in total. The molecule has 20 heavy (non-hydrogen) atoms. The average Bonchev–Trinajstić information content (AvgIpc) is 2.47. The maximum Gasteiger partial charge on any atom is 0.127 e. The molecule has 0 aliphatic rings. The SMILES string of the molecule is Fc1ccc(Br)cc1CNCCCCc1ccccc1. The van der Waals surface area contributed by atoms with Gasteiger partial charge in [0, 0.05) is 16.6 Å². The molecule has 0 spiro atoms. The van der Waals surface area contributed by atoms with Crippen LogP contribution in [0.3, 0.4) is 0 Å². The quantitative estimate of drug-likeness (QED) is 0.723. The number of benzene rings is 2. The molecule has 0 saturated heterocycles. The zero-order chi connectivity index (χ0) is 14.2.